The molecule has 10 nitrogen and oxygen atoms in total. The van der Waals surface area contributed by atoms with E-state index in [1.807, 2.05) is 25.1 Å². The molecule has 208 valence electrons. The lowest BCUT2D eigenvalue weighted by molar-refractivity contribution is -0.149. The molecule has 2 aliphatic heterocycles. The van der Waals surface area contributed by atoms with E-state index in [9.17, 15) is 19.6 Å². The summed E-state index contributed by atoms with van der Waals surface area (Å²) in [4.78, 5) is 42.8. The van der Waals surface area contributed by atoms with Gasteiger partial charge in [-0.1, -0.05) is 0 Å². The standard InChI is InChI=1S/C29H37N5O5/c1-19-15-20-16-21(10-11-24(20)38-19)31-26(22(17-30)28(37)39-29(2,3)4)32-23-9-5-6-14-34(27(23)36)18-25(35)33-12-7-8-13-33/h10-11,15-16,23,31-32H,5-9,12-14,18H2,1-4H3/b26-22+/t23-/m0/s1. The zero-order valence-corrected chi connectivity index (χ0v) is 23.1. The Morgan fingerprint density at radius 1 is 1.13 bits per heavy atom. The van der Waals surface area contributed by atoms with Gasteiger partial charge in [-0.3, -0.25) is 9.59 Å². The molecule has 1 atom stereocenters. The van der Waals surface area contributed by atoms with Crippen LogP contribution >= 0.6 is 0 Å². The highest BCUT2D eigenvalue weighted by molar-refractivity contribution is 5.95. The molecule has 2 aliphatic rings. The van der Waals surface area contributed by atoms with Crippen LogP contribution in [0, 0.1) is 18.3 Å². The van der Waals surface area contributed by atoms with Crippen molar-refractivity contribution in [3.8, 4) is 6.07 Å². The van der Waals surface area contributed by atoms with Gasteiger partial charge in [0.05, 0.1) is 6.54 Å². The third-order valence-electron chi connectivity index (χ3n) is 6.76. The summed E-state index contributed by atoms with van der Waals surface area (Å²) in [6.45, 7) is 8.98. The molecule has 1 aromatic carbocycles. The Kier molecular flexibility index (Phi) is 8.48. The molecule has 2 saturated heterocycles. The van der Waals surface area contributed by atoms with Crippen LogP contribution in [-0.2, 0) is 19.1 Å². The van der Waals surface area contributed by atoms with E-state index in [0.29, 0.717) is 24.2 Å². The fraction of sp³-hybridized carbons (Fsp3) is 0.517. The van der Waals surface area contributed by atoms with Gasteiger partial charge in [-0.2, -0.15) is 5.26 Å². The number of fused-ring (bicyclic) bond motifs is 1. The Bertz CT molecular complexity index is 1310. The molecule has 0 bridgehead atoms. The van der Waals surface area contributed by atoms with Gasteiger partial charge in [0.1, 0.15) is 34.9 Å². The van der Waals surface area contributed by atoms with E-state index in [-0.39, 0.29) is 29.8 Å². The first-order valence-corrected chi connectivity index (χ1v) is 13.5. The van der Waals surface area contributed by atoms with Crippen LogP contribution in [0.1, 0.15) is 58.6 Å². The van der Waals surface area contributed by atoms with E-state index in [0.717, 1.165) is 49.9 Å². The molecule has 1 aromatic heterocycles. The lowest BCUT2D eigenvalue weighted by Gasteiger charge is -2.28. The van der Waals surface area contributed by atoms with Gasteiger partial charge in [0.2, 0.25) is 11.8 Å². The lowest BCUT2D eigenvalue weighted by Crippen LogP contribution is -2.49. The molecule has 3 heterocycles. The van der Waals surface area contributed by atoms with E-state index in [1.165, 1.54) is 0 Å². The van der Waals surface area contributed by atoms with Crippen molar-refractivity contribution in [1.29, 1.82) is 5.26 Å². The quantitative estimate of drug-likeness (QED) is 0.311. The van der Waals surface area contributed by atoms with E-state index >= 15 is 0 Å². The monoisotopic (exact) mass is 535 g/mol. The number of nitriles is 1. The Balaban J connectivity index is 1.62. The molecular formula is C29H37N5O5. The minimum atomic E-state index is -0.817. The van der Waals surface area contributed by atoms with Gasteiger partial charge in [0, 0.05) is 30.7 Å². The summed E-state index contributed by atoms with van der Waals surface area (Å²) in [5.74, 6) is -0.248. The van der Waals surface area contributed by atoms with Gasteiger partial charge in [0.15, 0.2) is 5.57 Å². The van der Waals surface area contributed by atoms with E-state index in [2.05, 4.69) is 10.6 Å². The summed E-state index contributed by atoms with van der Waals surface area (Å²) in [7, 11) is 0. The van der Waals surface area contributed by atoms with Crippen molar-refractivity contribution in [1.82, 2.24) is 15.1 Å². The number of ether oxygens (including phenoxy) is 1. The van der Waals surface area contributed by atoms with Crippen LogP contribution in [0.2, 0.25) is 0 Å². The van der Waals surface area contributed by atoms with Crippen LogP contribution in [0.4, 0.5) is 5.69 Å². The first-order chi connectivity index (χ1) is 18.5. The number of anilines is 1. The van der Waals surface area contributed by atoms with Crippen LogP contribution in [0.3, 0.4) is 0 Å². The number of furan rings is 1. The summed E-state index contributed by atoms with van der Waals surface area (Å²) < 4.78 is 11.2. The molecule has 10 heteroatoms. The molecule has 2 aromatic rings. The summed E-state index contributed by atoms with van der Waals surface area (Å²) in [5, 5.41) is 17.2. The highest BCUT2D eigenvalue weighted by Gasteiger charge is 2.32. The Labute approximate surface area is 228 Å². The van der Waals surface area contributed by atoms with Crippen molar-refractivity contribution in [3.05, 3.63) is 41.4 Å². The second-order valence-electron chi connectivity index (χ2n) is 11.1. The van der Waals surface area contributed by atoms with Crippen LogP contribution in [0.15, 0.2) is 40.1 Å². The molecule has 0 aliphatic carbocycles. The second kappa shape index (κ2) is 11.8. The maximum Gasteiger partial charge on any atom is 0.353 e. The van der Waals surface area contributed by atoms with Crippen LogP contribution < -0.4 is 10.6 Å². The number of rotatable bonds is 7. The topological polar surface area (TPSA) is 128 Å². The fourth-order valence-electron chi connectivity index (χ4n) is 4.90. The van der Waals surface area contributed by atoms with Crippen molar-refractivity contribution in [2.75, 3.05) is 31.5 Å². The average Bonchev–Trinajstić information content (AvgIpc) is 3.49. The Hall–Kier alpha value is -4.00. The third-order valence-corrected chi connectivity index (χ3v) is 6.76. The van der Waals surface area contributed by atoms with Crippen molar-refractivity contribution >= 4 is 34.4 Å². The zero-order chi connectivity index (χ0) is 28.2. The molecule has 2 N–H and O–H groups in total. The Morgan fingerprint density at radius 3 is 2.54 bits per heavy atom. The van der Waals surface area contributed by atoms with Crippen molar-refractivity contribution in [3.63, 3.8) is 0 Å². The van der Waals surface area contributed by atoms with Crippen molar-refractivity contribution in [2.24, 2.45) is 0 Å². The van der Waals surface area contributed by atoms with Gasteiger partial charge < -0.3 is 29.6 Å². The summed E-state index contributed by atoms with van der Waals surface area (Å²) >= 11 is 0. The summed E-state index contributed by atoms with van der Waals surface area (Å²) in [6.07, 6.45) is 3.97. The normalized spacial score (nSPS) is 18.8. The first-order valence-electron chi connectivity index (χ1n) is 13.5. The number of amides is 2. The van der Waals surface area contributed by atoms with Gasteiger partial charge in [0.25, 0.3) is 0 Å². The summed E-state index contributed by atoms with van der Waals surface area (Å²) in [6, 6.07) is 8.53. The minimum Gasteiger partial charge on any atom is -0.461 e. The zero-order valence-electron chi connectivity index (χ0n) is 23.1. The lowest BCUT2D eigenvalue weighted by atomic mass is 10.1. The first kappa shape index (κ1) is 28.0. The molecule has 39 heavy (non-hydrogen) atoms. The molecule has 2 fully saturated rings. The molecule has 0 spiro atoms. The highest BCUT2D eigenvalue weighted by atomic mass is 16.6. The van der Waals surface area contributed by atoms with Gasteiger partial charge in [-0.15, -0.1) is 0 Å². The molecule has 0 radical (unpaired) electrons. The van der Waals surface area contributed by atoms with E-state index in [4.69, 9.17) is 9.15 Å². The maximum atomic E-state index is 13.6. The number of benzene rings is 1. The van der Waals surface area contributed by atoms with Gasteiger partial charge in [-0.25, -0.2) is 4.79 Å². The number of nitrogens with one attached hydrogen (secondary N) is 2. The number of carbonyl (C=O) groups excluding carboxylic acids is 3. The van der Waals surface area contributed by atoms with Crippen molar-refractivity contribution in [2.45, 2.75) is 71.4 Å². The number of hydrogen-bond donors (Lipinski definition) is 2. The van der Waals surface area contributed by atoms with Crippen LogP contribution in [0.25, 0.3) is 11.0 Å². The predicted molar refractivity (Wildman–Crippen MR) is 146 cm³/mol. The largest absolute Gasteiger partial charge is 0.461 e. The maximum absolute atomic E-state index is 13.6. The van der Waals surface area contributed by atoms with Crippen LogP contribution in [-0.4, -0.2) is 65.4 Å². The number of nitrogens with zero attached hydrogens (tertiary/aromatic N) is 3. The van der Waals surface area contributed by atoms with E-state index < -0.39 is 17.6 Å². The average molecular weight is 536 g/mol. The number of hydrogen-bond acceptors (Lipinski definition) is 8. The number of likely N-dealkylation sites (tertiary alicyclic amines) is 2. The molecule has 0 unspecified atom stereocenters. The number of esters is 1. The second-order valence-corrected chi connectivity index (χ2v) is 11.1. The number of aryl methyl sites for hydroxylation is 1. The highest BCUT2D eigenvalue weighted by Crippen LogP contribution is 2.25. The minimum absolute atomic E-state index is 0.0250. The molecule has 2 amide bonds. The summed E-state index contributed by atoms with van der Waals surface area (Å²) in [5.41, 5.74) is 0.221. The van der Waals surface area contributed by atoms with Crippen molar-refractivity contribution < 1.29 is 23.5 Å². The Morgan fingerprint density at radius 2 is 1.85 bits per heavy atom. The van der Waals surface area contributed by atoms with E-state index in [1.54, 1.807) is 42.7 Å². The molecule has 0 saturated carbocycles. The molecular weight excluding hydrogens is 498 g/mol. The smallest absolute Gasteiger partial charge is 0.353 e. The predicted octanol–water partition coefficient (Wildman–Crippen LogP) is 3.82. The van der Waals surface area contributed by atoms with Gasteiger partial charge >= 0.3 is 5.97 Å². The fourth-order valence-corrected chi connectivity index (χ4v) is 4.90. The van der Waals surface area contributed by atoms with Crippen LogP contribution in [0.5, 0.6) is 0 Å². The third kappa shape index (κ3) is 7.11. The SMILES string of the molecule is Cc1cc2cc(N/C(N[C@H]3CCCCN(CC(=O)N4CCCC4)C3=O)=C(/C#N)C(=O)OC(C)(C)C)ccc2o1. The number of carbonyl (C=O) groups is 3. The molecule has 4 rings (SSSR count). The van der Waals surface area contributed by atoms with Gasteiger partial charge in [-0.05, 0) is 84.1 Å².